The number of carbonyl (C=O) groups excluding carboxylic acids is 3. The first-order valence-corrected chi connectivity index (χ1v) is 11.8. The van der Waals surface area contributed by atoms with Crippen molar-refractivity contribution < 1.29 is 32.3 Å². The van der Waals surface area contributed by atoms with Crippen LogP contribution >= 0.6 is 11.6 Å². The lowest BCUT2D eigenvalue weighted by Gasteiger charge is -2.22. The van der Waals surface area contributed by atoms with Gasteiger partial charge in [0.2, 0.25) is 11.8 Å². The Kier molecular flexibility index (Phi) is 9.52. The lowest BCUT2D eigenvalue weighted by molar-refractivity contribution is -0.150. The smallest absolute Gasteiger partial charge is 0.417 e. The third-order valence-electron chi connectivity index (χ3n) is 5.64. The van der Waals surface area contributed by atoms with E-state index in [0.29, 0.717) is 6.42 Å². The molecule has 0 bridgehead atoms. The second-order valence-electron chi connectivity index (χ2n) is 8.37. The Bertz CT molecular complexity index is 1110. The molecule has 2 atom stereocenters. The number of rotatable bonds is 5. The van der Waals surface area contributed by atoms with E-state index in [9.17, 15) is 27.6 Å². The number of benzene rings is 2. The van der Waals surface area contributed by atoms with E-state index in [4.69, 9.17) is 16.3 Å². The van der Waals surface area contributed by atoms with Crippen molar-refractivity contribution in [3.05, 3.63) is 82.4 Å². The molecule has 36 heavy (non-hydrogen) atoms. The summed E-state index contributed by atoms with van der Waals surface area (Å²) >= 11 is 5.64. The second kappa shape index (κ2) is 12.6. The van der Waals surface area contributed by atoms with E-state index in [2.05, 4.69) is 10.6 Å². The highest BCUT2D eigenvalue weighted by Gasteiger charge is 2.33. The maximum atomic E-state index is 13.1. The Balaban J connectivity index is 1.64. The summed E-state index contributed by atoms with van der Waals surface area (Å²) in [6.45, 7) is -0.100. The van der Waals surface area contributed by atoms with Crippen molar-refractivity contribution in [3.63, 3.8) is 0 Å². The molecule has 0 saturated heterocycles. The van der Waals surface area contributed by atoms with Gasteiger partial charge in [-0.25, -0.2) is 0 Å². The number of hydrogen-bond donors (Lipinski definition) is 2. The summed E-state index contributed by atoms with van der Waals surface area (Å²) in [7, 11) is 0. The van der Waals surface area contributed by atoms with Crippen LogP contribution in [0.2, 0.25) is 5.02 Å². The highest BCUT2D eigenvalue weighted by molar-refractivity contribution is 6.31. The minimum absolute atomic E-state index is 0.0431. The molecule has 0 spiro atoms. The second-order valence-corrected chi connectivity index (χ2v) is 8.78. The SMILES string of the molecule is O=C(CC1C/C=C/CCC(=O)OC(c2ccccc2)CNC1=O)NCc1ccc(Cl)c(C(F)(F)F)c1. The number of nitrogens with one attached hydrogen (secondary N) is 2. The molecule has 0 saturated carbocycles. The van der Waals surface area contributed by atoms with Crippen LogP contribution in [0.5, 0.6) is 0 Å². The van der Waals surface area contributed by atoms with Crippen LogP contribution in [0.15, 0.2) is 60.7 Å². The molecule has 0 fully saturated rings. The van der Waals surface area contributed by atoms with Crippen molar-refractivity contribution in [1.29, 1.82) is 0 Å². The standard InChI is InChI=1S/C26H26ClF3N2O4/c27-21-12-11-17(13-20(21)26(28,29)30)15-31-23(33)14-19-9-5-2-6-10-24(34)36-22(16-32-25(19)35)18-7-3-1-4-8-18/h1-5,7-8,11-13,19,22H,6,9-10,14-16H2,(H,31,33)(H,32,35)/b5-2+. The lowest BCUT2D eigenvalue weighted by Crippen LogP contribution is -2.37. The van der Waals surface area contributed by atoms with E-state index in [1.165, 1.54) is 6.07 Å². The lowest BCUT2D eigenvalue weighted by atomic mass is 9.98. The molecule has 0 radical (unpaired) electrons. The van der Waals surface area contributed by atoms with Crippen LogP contribution in [0.3, 0.4) is 0 Å². The van der Waals surface area contributed by atoms with E-state index >= 15 is 0 Å². The average molecular weight is 523 g/mol. The van der Waals surface area contributed by atoms with Gasteiger partial charge in [0.15, 0.2) is 0 Å². The first-order valence-electron chi connectivity index (χ1n) is 11.4. The largest absolute Gasteiger partial charge is 0.456 e. The van der Waals surface area contributed by atoms with E-state index in [1.54, 1.807) is 36.4 Å². The van der Waals surface area contributed by atoms with E-state index < -0.39 is 40.6 Å². The molecule has 1 heterocycles. The van der Waals surface area contributed by atoms with E-state index in [0.717, 1.165) is 17.7 Å². The van der Waals surface area contributed by atoms with Crippen LogP contribution in [0.25, 0.3) is 0 Å². The molecular weight excluding hydrogens is 497 g/mol. The summed E-state index contributed by atoms with van der Waals surface area (Å²) in [5, 5.41) is 4.91. The molecule has 2 aromatic carbocycles. The molecule has 192 valence electrons. The zero-order chi connectivity index (χ0) is 26.1. The first-order chi connectivity index (χ1) is 17.1. The van der Waals surface area contributed by atoms with Gasteiger partial charge in [-0.1, -0.05) is 60.2 Å². The summed E-state index contributed by atoms with van der Waals surface area (Å²) in [6.07, 6.45) is -1.08. The number of esters is 1. The number of hydrogen-bond acceptors (Lipinski definition) is 4. The third-order valence-corrected chi connectivity index (χ3v) is 5.97. The summed E-state index contributed by atoms with van der Waals surface area (Å²) < 4.78 is 44.8. The van der Waals surface area contributed by atoms with Crippen molar-refractivity contribution in [2.75, 3.05) is 6.54 Å². The van der Waals surface area contributed by atoms with Gasteiger partial charge in [-0.2, -0.15) is 13.2 Å². The number of cyclic esters (lactones) is 1. The van der Waals surface area contributed by atoms with Gasteiger partial charge >= 0.3 is 12.1 Å². The van der Waals surface area contributed by atoms with Gasteiger partial charge in [0.1, 0.15) is 6.10 Å². The highest BCUT2D eigenvalue weighted by atomic mass is 35.5. The van der Waals surface area contributed by atoms with Crippen LogP contribution in [0, 0.1) is 5.92 Å². The maximum absolute atomic E-state index is 13.1. The molecule has 2 unspecified atom stereocenters. The molecule has 2 aromatic rings. The number of halogens is 4. The molecule has 0 aromatic heterocycles. The molecule has 1 aliphatic rings. The minimum atomic E-state index is -4.61. The molecule has 0 aliphatic carbocycles. The van der Waals surface area contributed by atoms with E-state index in [1.807, 2.05) is 6.07 Å². The fourth-order valence-electron chi connectivity index (χ4n) is 3.71. The van der Waals surface area contributed by atoms with Crippen molar-refractivity contribution in [2.24, 2.45) is 5.92 Å². The maximum Gasteiger partial charge on any atom is 0.417 e. The Morgan fingerprint density at radius 1 is 1.11 bits per heavy atom. The fraction of sp³-hybridized carbons (Fsp3) is 0.346. The van der Waals surface area contributed by atoms with Crippen LogP contribution in [-0.4, -0.2) is 24.3 Å². The van der Waals surface area contributed by atoms with Crippen LogP contribution in [0.1, 0.15) is 48.5 Å². The van der Waals surface area contributed by atoms with Gasteiger partial charge in [0, 0.05) is 19.4 Å². The van der Waals surface area contributed by atoms with Gasteiger partial charge in [0.05, 0.1) is 23.0 Å². The van der Waals surface area contributed by atoms with Gasteiger partial charge in [-0.05, 0) is 36.1 Å². The molecule has 6 nitrogen and oxygen atoms in total. The Morgan fingerprint density at radius 3 is 2.58 bits per heavy atom. The molecule has 1 aliphatic heterocycles. The third kappa shape index (κ3) is 8.12. The van der Waals surface area contributed by atoms with Gasteiger partial charge in [-0.15, -0.1) is 0 Å². The van der Waals surface area contributed by atoms with Gasteiger partial charge in [0.25, 0.3) is 0 Å². The molecule has 2 amide bonds. The van der Waals surface area contributed by atoms with Crippen molar-refractivity contribution >= 4 is 29.4 Å². The molecule has 10 heteroatoms. The fourth-order valence-corrected chi connectivity index (χ4v) is 3.93. The minimum Gasteiger partial charge on any atom is -0.456 e. The van der Waals surface area contributed by atoms with Gasteiger partial charge < -0.3 is 15.4 Å². The van der Waals surface area contributed by atoms with E-state index in [-0.39, 0.29) is 43.9 Å². The normalized spacial score (nSPS) is 20.3. The Labute approximate surface area is 211 Å². The number of alkyl halides is 3. The first kappa shape index (κ1) is 27.3. The Morgan fingerprint density at radius 2 is 1.86 bits per heavy atom. The Hall–Kier alpha value is -3.33. The predicted molar refractivity (Wildman–Crippen MR) is 128 cm³/mol. The predicted octanol–water partition coefficient (Wildman–Crippen LogP) is 5.12. The molecule has 2 N–H and O–H groups in total. The van der Waals surface area contributed by atoms with Gasteiger partial charge in [-0.3, -0.25) is 14.4 Å². The van der Waals surface area contributed by atoms with Crippen LogP contribution in [-0.2, 0) is 31.8 Å². The van der Waals surface area contributed by atoms with Crippen LogP contribution < -0.4 is 10.6 Å². The summed E-state index contributed by atoms with van der Waals surface area (Å²) in [5.74, 6) is -1.96. The number of amides is 2. The highest BCUT2D eigenvalue weighted by Crippen LogP contribution is 2.35. The van der Waals surface area contributed by atoms with Crippen molar-refractivity contribution in [2.45, 2.75) is 44.5 Å². The summed E-state index contributed by atoms with van der Waals surface area (Å²) in [5.41, 5.74) is -0.0155. The number of carbonyl (C=O) groups is 3. The number of allylic oxidation sites excluding steroid dienone is 2. The molecule has 3 rings (SSSR count). The number of ether oxygens (including phenoxy) is 1. The topological polar surface area (TPSA) is 84.5 Å². The zero-order valence-corrected chi connectivity index (χ0v) is 20.1. The summed E-state index contributed by atoms with van der Waals surface area (Å²) in [6, 6.07) is 12.4. The average Bonchev–Trinajstić information content (AvgIpc) is 2.84. The van der Waals surface area contributed by atoms with Crippen LogP contribution in [0.4, 0.5) is 13.2 Å². The van der Waals surface area contributed by atoms with Crippen molar-refractivity contribution in [1.82, 2.24) is 10.6 Å². The van der Waals surface area contributed by atoms with Crippen molar-refractivity contribution in [3.8, 4) is 0 Å². The monoisotopic (exact) mass is 522 g/mol. The molecular formula is C26H26ClF3N2O4. The quantitative estimate of drug-likeness (QED) is 0.421. The zero-order valence-electron chi connectivity index (χ0n) is 19.3. The summed E-state index contributed by atoms with van der Waals surface area (Å²) in [4.78, 5) is 37.6.